The first-order valence-corrected chi connectivity index (χ1v) is 5.47. The van der Waals surface area contributed by atoms with Crippen molar-refractivity contribution in [3.05, 3.63) is 23.8 Å². The van der Waals surface area contributed by atoms with E-state index in [4.69, 9.17) is 10.5 Å². The van der Waals surface area contributed by atoms with Crippen LogP contribution in [0.15, 0.2) is 18.2 Å². The van der Waals surface area contributed by atoms with Gasteiger partial charge in [0.15, 0.2) is 6.61 Å². The Morgan fingerprint density at radius 1 is 1.53 bits per heavy atom. The number of ether oxygens (including phenoxy) is 1. The van der Waals surface area contributed by atoms with Gasteiger partial charge >= 0.3 is 0 Å². The topological polar surface area (TPSA) is 75.8 Å². The van der Waals surface area contributed by atoms with Gasteiger partial charge in [0, 0.05) is 13.1 Å². The number of rotatable bonds is 2. The highest BCUT2D eigenvalue weighted by molar-refractivity contribution is 5.97. The molecule has 0 radical (unpaired) electrons. The van der Waals surface area contributed by atoms with Crippen LogP contribution in [0.2, 0.25) is 0 Å². The van der Waals surface area contributed by atoms with Gasteiger partial charge in [-0.25, -0.2) is 0 Å². The maximum atomic E-state index is 11.5. The molecule has 3 N–H and O–H groups in total. The zero-order valence-corrected chi connectivity index (χ0v) is 9.88. The van der Waals surface area contributed by atoms with Gasteiger partial charge in [-0.2, -0.15) is 0 Å². The summed E-state index contributed by atoms with van der Waals surface area (Å²) in [6, 6.07) is 4.88. The minimum atomic E-state index is -0.745. The molecule has 0 aromatic heterocycles. The predicted octanol–water partition coefficient (Wildman–Crippen LogP) is 0.422. The molecule has 5 nitrogen and oxygen atoms in total. The number of amides is 1. The molecule has 1 heterocycles. The highest BCUT2D eigenvalue weighted by atomic mass is 16.5. The number of hydrogen-bond acceptors (Lipinski definition) is 4. The smallest absolute Gasteiger partial charge is 0.264 e. The number of benzene rings is 1. The average molecular weight is 236 g/mol. The number of carbonyl (C=O) groups is 1. The van der Waals surface area contributed by atoms with Crippen molar-refractivity contribution in [1.82, 2.24) is 0 Å². The Balaban J connectivity index is 2.39. The molecule has 17 heavy (non-hydrogen) atoms. The van der Waals surface area contributed by atoms with Crippen molar-refractivity contribution in [1.29, 1.82) is 0 Å². The summed E-state index contributed by atoms with van der Waals surface area (Å²) >= 11 is 0. The third kappa shape index (κ3) is 2.11. The molecule has 1 amide bonds. The van der Waals surface area contributed by atoms with Crippen LogP contribution in [0.3, 0.4) is 0 Å². The molecule has 0 fully saturated rings. The number of hydrogen-bond donors (Lipinski definition) is 2. The predicted molar refractivity (Wildman–Crippen MR) is 64.0 cm³/mol. The number of nitrogens with two attached hydrogens (primary N) is 1. The molecule has 92 valence electrons. The normalized spacial score (nSPS) is 18.4. The molecule has 1 aromatic rings. The van der Waals surface area contributed by atoms with E-state index in [2.05, 4.69) is 0 Å². The number of carbonyl (C=O) groups excluding carboxylic acids is 1. The fraction of sp³-hybridized carbons (Fsp3) is 0.417. The molecule has 0 saturated carbocycles. The molecule has 0 bridgehead atoms. The molecular weight excluding hydrogens is 220 g/mol. The van der Waals surface area contributed by atoms with Gasteiger partial charge in [-0.1, -0.05) is 6.07 Å². The summed E-state index contributed by atoms with van der Waals surface area (Å²) in [6.45, 7) is 1.79. The summed E-state index contributed by atoms with van der Waals surface area (Å²) in [5.74, 6) is 0.540. The van der Waals surface area contributed by atoms with Crippen LogP contribution in [-0.4, -0.2) is 30.7 Å². The molecule has 2 rings (SSSR count). The minimum absolute atomic E-state index is 0.0543. The largest absolute Gasteiger partial charge is 0.482 e. The lowest BCUT2D eigenvalue weighted by Gasteiger charge is -2.27. The van der Waals surface area contributed by atoms with Crippen LogP contribution in [0.25, 0.3) is 0 Å². The van der Waals surface area contributed by atoms with Crippen LogP contribution in [0.4, 0.5) is 5.69 Å². The van der Waals surface area contributed by atoms with Gasteiger partial charge in [0.05, 0.1) is 11.8 Å². The lowest BCUT2D eigenvalue weighted by molar-refractivity contribution is -0.120. The molecular formula is C12H16N2O3. The van der Waals surface area contributed by atoms with Crippen LogP contribution in [-0.2, 0) is 4.79 Å². The summed E-state index contributed by atoms with van der Waals surface area (Å²) in [4.78, 5) is 13.0. The summed E-state index contributed by atoms with van der Waals surface area (Å²) in [5, 5.41) is 9.88. The van der Waals surface area contributed by atoms with Gasteiger partial charge in [-0.3, -0.25) is 4.79 Å². The van der Waals surface area contributed by atoms with E-state index in [0.717, 1.165) is 0 Å². The quantitative estimate of drug-likeness (QED) is 0.780. The maximum absolute atomic E-state index is 11.5. The van der Waals surface area contributed by atoms with Crippen LogP contribution < -0.4 is 15.4 Å². The van der Waals surface area contributed by atoms with E-state index in [1.165, 1.54) is 4.90 Å². The number of nitrogens with zero attached hydrogens (tertiary/aromatic N) is 1. The summed E-state index contributed by atoms with van der Waals surface area (Å²) in [6.07, 6.45) is -0.745. The number of aliphatic hydroxyl groups excluding tert-OH is 1. The molecule has 0 saturated heterocycles. The third-order valence-electron chi connectivity index (χ3n) is 2.91. The second-order valence-electron chi connectivity index (χ2n) is 4.27. The highest BCUT2D eigenvalue weighted by Gasteiger charge is 2.24. The standard InChI is InChI=1S/C12H16N2O3/c1-7(13)12(16)8-3-4-10-9(5-8)14(2)11(15)6-17-10/h3-5,7,12,16H,6,13H2,1-2H3. The zero-order valence-electron chi connectivity index (χ0n) is 9.88. The van der Waals surface area contributed by atoms with Gasteiger partial charge in [0.1, 0.15) is 5.75 Å². The highest BCUT2D eigenvalue weighted by Crippen LogP contribution is 2.33. The lowest BCUT2D eigenvalue weighted by atomic mass is 10.0. The Labute approximate surface area is 99.8 Å². The van der Waals surface area contributed by atoms with Gasteiger partial charge in [-0.05, 0) is 24.6 Å². The Morgan fingerprint density at radius 2 is 2.24 bits per heavy atom. The molecule has 2 unspecified atom stereocenters. The van der Waals surface area contributed by atoms with E-state index < -0.39 is 6.10 Å². The molecule has 2 atom stereocenters. The second kappa shape index (κ2) is 4.35. The lowest BCUT2D eigenvalue weighted by Crippen LogP contribution is -2.35. The first-order chi connectivity index (χ1) is 8.00. The van der Waals surface area contributed by atoms with Gasteiger partial charge in [0.2, 0.25) is 0 Å². The SMILES string of the molecule is CC(N)C(O)c1ccc2c(c1)N(C)C(=O)CO2. The van der Waals surface area contributed by atoms with Crippen LogP contribution in [0.5, 0.6) is 5.75 Å². The Hall–Kier alpha value is -1.59. The molecule has 1 aromatic carbocycles. The number of likely N-dealkylation sites (N-methyl/N-ethyl adjacent to an activating group) is 1. The van der Waals surface area contributed by atoms with E-state index in [-0.39, 0.29) is 18.6 Å². The average Bonchev–Trinajstić information content (AvgIpc) is 2.32. The fourth-order valence-electron chi connectivity index (χ4n) is 1.78. The van der Waals surface area contributed by atoms with Crippen LogP contribution >= 0.6 is 0 Å². The van der Waals surface area contributed by atoms with E-state index in [9.17, 15) is 9.90 Å². The Kier molecular flexibility index (Phi) is 3.04. The van der Waals surface area contributed by atoms with E-state index >= 15 is 0 Å². The van der Waals surface area contributed by atoms with Gasteiger partial charge in [0.25, 0.3) is 5.91 Å². The van der Waals surface area contributed by atoms with Gasteiger partial charge in [-0.15, -0.1) is 0 Å². The van der Waals surface area contributed by atoms with Crippen molar-refractivity contribution < 1.29 is 14.6 Å². The molecule has 1 aliphatic heterocycles. The molecule has 5 heteroatoms. The van der Waals surface area contributed by atoms with E-state index in [0.29, 0.717) is 17.0 Å². The van der Waals surface area contributed by atoms with Crippen LogP contribution in [0, 0.1) is 0 Å². The number of anilines is 1. The summed E-state index contributed by atoms with van der Waals surface area (Å²) in [5.41, 5.74) is 6.99. The minimum Gasteiger partial charge on any atom is -0.482 e. The third-order valence-corrected chi connectivity index (χ3v) is 2.91. The van der Waals surface area contributed by atoms with Gasteiger partial charge < -0.3 is 20.5 Å². The monoisotopic (exact) mass is 236 g/mol. The molecule has 0 spiro atoms. The van der Waals surface area contributed by atoms with Crippen molar-refractivity contribution >= 4 is 11.6 Å². The van der Waals surface area contributed by atoms with Crippen molar-refractivity contribution in [2.75, 3.05) is 18.6 Å². The fourth-order valence-corrected chi connectivity index (χ4v) is 1.78. The first kappa shape index (κ1) is 11.9. The van der Waals surface area contributed by atoms with Crippen molar-refractivity contribution in [3.63, 3.8) is 0 Å². The second-order valence-corrected chi connectivity index (χ2v) is 4.27. The van der Waals surface area contributed by atoms with Crippen molar-refractivity contribution in [2.45, 2.75) is 19.1 Å². The summed E-state index contributed by atoms with van der Waals surface area (Å²) in [7, 11) is 1.69. The Morgan fingerprint density at radius 3 is 2.88 bits per heavy atom. The number of aliphatic hydroxyl groups is 1. The van der Waals surface area contributed by atoms with Crippen molar-refractivity contribution in [3.8, 4) is 5.75 Å². The molecule has 0 aliphatic carbocycles. The first-order valence-electron chi connectivity index (χ1n) is 5.47. The molecule has 1 aliphatic rings. The van der Waals surface area contributed by atoms with E-state index in [1.807, 2.05) is 0 Å². The zero-order chi connectivity index (χ0) is 12.6. The number of fused-ring (bicyclic) bond motifs is 1. The summed E-state index contributed by atoms with van der Waals surface area (Å²) < 4.78 is 5.30. The van der Waals surface area contributed by atoms with Crippen LogP contribution in [0.1, 0.15) is 18.6 Å². The Bertz CT molecular complexity index is 445. The van der Waals surface area contributed by atoms with E-state index in [1.54, 1.807) is 32.2 Å². The maximum Gasteiger partial charge on any atom is 0.264 e. The van der Waals surface area contributed by atoms with Crippen molar-refractivity contribution in [2.24, 2.45) is 5.73 Å².